The van der Waals surface area contributed by atoms with Gasteiger partial charge in [-0.05, 0) is 18.8 Å². The molecular weight excluding hydrogens is 200 g/mol. The fraction of sp³-hybridized carbons (Fsp3) is 0.778. The van der Waals surface area contributed by atoms with Gasteiger partial charge in [-0.2, -0.15) is 0 Å². The van der Waals surface area contributed by atoms with E-state index in [9.17, 15) is 8.42 Å². The Morgan fingerprint density at radius 1 is 1.43 bits per heavy atom. The van der Waals surface area contributed by atoms with E-state index in [1.807, 2.05) is 6.92 Å². The van der Waals surface area contributed by atoms with Crippen molar-refractivity contribution < 1.29 is 8.42 Å². The zero-order chi connectivity index (χ0) is 10.3. The van der Waals surface area contributed by atoms with Gasteiger partial charge < -0.3 is 5.73 Å². The van der Waals surface area contributed by atoms with Gasteiger partial charge in [-0.1, -0.05) is 12.2 Å². The first-order valence-corrected chi connectivity index (χ1v) is 6.51. The summed E-state index contributed by atoms with van der Waals surface area (Å²) in [5, 5.41) is 0. The van der Waals surface area contributed by atoms with E-state index in [-0.39, 0.29) is 11.8 Å². The summed E-state index contributed by atoms with van der Waals surface area (Å²) in [7, 11) is -3.06. The maximum atomic E-state index is 11.7. The largest absolute Gasteiger partial charge is 0.327 e. The van der Waals surface area contributed by atoms with Crippen molar-refractivity contribution in [3.8, 4) is 0 Å². The number of hydrogen-bond acceptors (Lipinski definition) is 3. The Morgan fingerprint density at radius 3 is 2.50 bits per heavy atom. The third-order valence-corrected chi connectivity index (χ3v) is 4.86. The zero-order valence-corrected chi connectivity index (χ0v) is 9.07. The molecule has 0 amide bonds. The van der Waals surface area contributed by atoms with Crippen LogP contribution in [0.4, 0.5) is 0 Å². The van der Waals surface area contributed by atoms with E-state index in [0.29, 0.717) is 24.9 Å². The number of nitrogens with two attached hydrogens (primary N) is 1. The minimum absolute atomic E-state index is 0.123. The van der Waals surface area contributed by atoms with Crippen LogP contribution in [0.15, 0.2) is 12.2 Å². The van der Waals surface area contributed by atoms with Gasteiger partial charge >= 0.3 is 0 Å². The van der Waals surface area contributed by atoms with Crippen molar-refractivity contribution in [2.24, 2.45) is 17.6 Å². The Morgan fingerprint density at radius 2 is 2.00 bits per heavy atom. The van der Waals surface area contributed by atoms with Crippen molar-refractivity contribution in [1.29, 1.82) is 0 Å². The van der Waals surface area contributed by atoms with E-state index in [0.717, 1.165) is 0 Å². The van der Waals surface area contributed by atoms with Crippen molar-refractivity contribution in [3.63, 3.8) is 0 Å². The second-order valence-electron chi connectivity index (χ2n) is 4.07. The smallest absolute Gasteiger partial charge is 0.217 e. The summed E-state index contributed by atoms with van der Waals surface area (Å²) in [5.74, 6) is 0.976. The van der Waals surface area contributed by atoms with Gasteiger partial charge in [0, 0.05) is 19.1 Å². The van der Waals surface area contributed by atoms with Crippen LogP contribution in [0.5, 0.6) is 0 Å². The lowest BCUT2D eigenvalue weighted by Gasteiger charge is -2.17. The molecular formula is C9H16N2O2S. The number of piperidine rings is 1. The van der Waals surface area contributed by atoms with Crippen LogP contribution in [0.2, 0.25) is 0 Å². The Kier molecular flexibility index (Phi) is 2.41. The zero-order valence-electron chi connectivity index (χ0n) is 8.26. The number of nitrogens with zero attached hydrogens (tertiary/aromatic N) is 1. The summed E-state index contributed by atoms with van der Waals surface area (Å²) in [6.07, 6.45) is 3.44. The highest BCUT2D eigenvalue weighted by atomic mass is 32.2. The normalized spacial score (nSPS) is 37.7. The topological polar surface area (TPSA) is 63.4 Å². The van der Waals surface area contributed by atoms with Crippen molar-refractivity contribution in [3.05, 3.63) is 12.2 Å². The van der Waals surface area contributed by atoms with Gasteiger partial charge in [0.25, 0.3) is 0 Å². The summed E-state index contributed by atoms with van der Waals surface area (Å²) < 4.78 is 25.0. The summed E-state index contributed by atoms with van der Waals surface area (Å²) in [4.78, 5) is 0. The average molecular weight is 216 g/mol. The highest BCUT2D eigenvalue weighted by Crippen LogP contribution is 2.44. The molecule has 1 saturated carbocycles. The lowest BCUT2D eigenvalue weighted by molar-refractivity contribution is 0.434. The SMILES string of the molecule is C/C=C/CS(=O)(=O)N1CC2C(N)C2C1. The van der Waals surface area contributed by atoms with Crippen LogP contribution in [0.1, 0.15) is 6.92 Å². The molecule has 2 atom stereocenters. The Hall–Kier alpha value is -0.390. The lowest BCUT2D eigenvalue weighted by Crippen LogP contribution is -2.35. The van der Waals surface area contributed by atoms with E-state index in [2.05, 4.69) is 0 Å². The molecule has 4 nitrogen and oxygen atoms in total. The van der Waals surface area contributed by atoms with Crippen molar-refractivity contribution in [2.45, 2.75) is 13.0 Å². The minimum atomic E-state index is -3.06. The van der Waals surface area contributed by atoms with Gasteiger partial charge in [0.05, 0.1) is 5.75 Å². The Labute approximate surface area is 84.8 Å². The first-order valence-electron chi connectivity index (χ1n) is 4.91. The van der Waals surface area contributed by atoms with Crippen LogP contribution < -0.4 is 5.73 Å². The van der Waals surface area contributed by atoms with Crippen LogP contribution in [0.25, 0.3) is 0 Å². The average Bonchev–Trinajstić information content (AvgIpc) is 2.64. The van der Waals surface area contributed by atoms with Gasteiger partial charge in [0.15, 0.2) is 0 Å². The quantitative estimate of drug-likeness (QED) is 0.663. The van der Waals surface area contributed by atoms with E-state index in [4.69, 9.17) is 5.73 Å². The third kappa shape index (κ3) is 1.60. The van der Waals surface area contributed by atoms with Gasteiger partial charge in [0.2, 0.25) is 10.0 Å². The van der Waals surface area contributed by atoms with Crippen molar-refractivity contribution in [2.75, 3.05) is 18.8 Å². The highest BCUT2D eigenvalue weighted by Gasteiger charge is 2.55. The number of fused-ring (bicyclic) bond motifs is 1. The van der Waals surface area contributed by atoms with E-state index >= 15 is 0 Å². The van der Waals surface area contributed by atoms with Crippen LogP contribution in [-0.2, 0) is 10.0 Å². The van der Waals surface area contributed by atoms with Crippen LogP contribution in [0, 0.1) is 11.8 Å². The maximum absolute atomic E-state index is 11.7. The van der Waals surface area contributed by atoms with Crippen LogP contribution >= 0.6 is 0 Å². The molecule has 0 aromatic heterocycles. The molecule has 0 aromatic rings. The molecule has 0 spiro atoms. The molecule has 1 aliphatic heterocycles. The molecule has 2 N–H and O–H groups in total. The van der Waals surface area contributed by atoms with Gasteiger partial charge in [-0.15, -0.1) is 0 Å². The standard InChI is InChI=1S/C9H16N2O2S/c1-2-3-4-14(12,13)11-5-7-8(6-11)9(7)10/h2-3,7-9H,4-6,10H2,1H3/b3-2+. The van der Waals surface area contributed by atoms with Crippen molar-refractivity contribution >= 4 is 10.0 Å². The van der Waals surface area contributed by atoms with Crippen LogP contribution in [-0.4, -0.2) is 37.6 Å². The van der Waals surface area contributed by atoms with E-state index in [1.54, 1.807) is 16.5 Å². The Balaban J connectivity index is 1.97. The monoisotopic (exact) mass is 216 g/mol. The minimum Gasteiger partial charge on any atom is -0.327 e. The van der Waals surface area contributed by atoms with Gasteiger partial charge in [-0.25, -0.2) is 12.7 Å². The van der Waals surface area contributed by atoms with Gasteiger partial charge in [0.1, 0.15) is 0 Å². The first-order chi connectivity index (χ1) is 6.56. The molecule has 1 aliphatic carbocycles. The third-order valence-electron chi connectivity index (χ3n) is 3.16. The first kappa shape index (κ1) is 10.1. The fourth-order valence-electron chi connectivity index (χ4n) is 2.08. The molecule has 0 bridgehead atoms. The molecule has 2 unspecified atom stereocenters. The number of sulfonamides is 1. The van der Waals surface area contributed by atoms with Crippen LogP contribution in [0.3, 0.4) is 0 Å². The molecule has 80 valence electrons. The molecule has 2 fully saturated rings. The lowest BCUT2D eigenvalue weighted by atomic mass is 10.4. The number of allylic oxidation sites excluding steroid dienone is 1. The summed E-state index contributed by atoms with van der Waals surface area (Å²) in [6, 6.07) is 0.253. The maximum Gasteiger partial charge on any atom is 0.217 e. The number of hydrogen-bond donors (Lipinski definition) is 1. The summed E-state index contributed by atoms with van der Waals surface area (Å²) in [5.41, 5.74) is 5.74. The molecule has 2 aliphatic rings. The molecule has 14 heavy (non-hydrogen) atoms. The molecule has 5 heteroatoms. The predicted molar refractivity (Wildman–Crippen MR) is 55.1 cm³/mol. The molecule has 0 aromatic carbocycles. The molecule has 0 radical (unpaired) electrons. The number of rotatable bonds is 3. The van der Waals surface area contributed by atoms with E-state index < -0.39 is 10.0 Å². The highest BCUT2D eigenvalue weighted by molar-refractivity contribution is 7.89. The summed E-state index contributed by atoms with van der Waals surface area (Å²) in [6.45, 7) is 3.09. The van der Waals surface area contributed by atoms with Gasteiger partial charge in [-0.3, -0.25) is 0 Å². The fourth-order valence-corrected chi connectivity index (χ4v) is 3.53. The molecule has 1 heterocycles. The Bertz CT molecular complexity index is 338. The second-order valence-corrected chi connectivity index (χ2v) is 6.08. The summed E-state index contributed by atoms with van der Waals surface area (Å²) >= 11 is 0. The predicted octanol–water partition coefficient (Wildman–Crippen LogP) is -0.219. The molecule has 1 saturated heterocycles. The van der Waals surface area contributed by atoms with E-state index in [1.165, 1.54) is 0 Å². The van der Waals surface area contributed by atoms with Crippen molar-refractivity contribution in [1.82, 2.24) is 4.31 Å². The second kappa shape index (κ2) is 3.32. The molecule has 2 rings (SSSR count).